The number of benzene rings is 1. The van der Waals surface area contributed by atoms with Crippen molar-refractivity contribution in [1.82, 2.24) is 29.3 Å². The molecule has 1 amide bonds. The van der Waals surface area contributed by atoms with E-state index in [1.807, 2.05) is 73.9 Å². The number of carboxylic acid groups (broad SMARTS) is 1. The van der Waals surface area contributed by atoms with Crippen molar-refractivity contribution in [3.8, 4) is 17.1 Å². The van der Waals surface area contributed by atoms with Gasteiger partial charge in [-0.25, -0.2) is 19.7 Å². The number of nitrogens with two attached hydrogens (primary N) is 1. The van der Waals surface area contributed by atoms with E-state index in [1.165, 1.54) is 0 Å². The predicted molar refractivity (Wildman–Crippen MR) is 167 cm³/mol. The van der Waals surface area contributed by atoms with Gasteiger partial charge in [0.15, 0.2) is 11.5 Å². The highest BCUT2D eigenvalue weighted by molar-refractivity contribution is 5.83. The van der Waals surface area contributed by atoms with Crippen LogP contribution in [0.4, 0.5) is 16.4 Å². The molecule has 0 spiro atoms. The second-order valence-corrected chi connectivity index (χ2v) is 12.3. The summed E-state index contributed by atoms with van der Waals surface area (Å²) in [5.74, 6) is 1.79. The Kier molecular flexibility index (Phi) is 7.70. The van der Waals surface area contributed by atoms with E-state index < -0.39 is 17.2 Å². The Morgan fingerprint density at radius 3 is 2.47 bits per heavy atom. The second kappa shape index (κ2) is 11.5. The Morgan fingerprint density at radius 2 is 1.84 bits per heavy atom. The number of imidazole rings is 1. The van der Waals surface area contributed by atoms with Gasteiger partial charge in [-0.2, -0.15) is 0 Å². The van der Waals surface area contributed by atoms with Gasteiger partial charge < -0.3 is 20.9 Å². The van der Waals surface area contributed by atoms with Crippen LogP contribution in [0.2, 0.25) is 0 Å². The molecule has 0 bridgehead atoms. The number of carbonyl (C=O) groups is 1. The first-order valence-electron chi connectivity index (χ1n) is 15.0. The summed E-state index contributed by atoms with van der Waals surface area (Å²) in [7, 11) is 0. The minimum Gasteiger partial charge on any atom is -0.465 e. The molecule has 4 heterocycles. The lowest BCUT2D eigenvalue weighted by Gasteiger charge is -2.54. The lowest BCUT2D eigenvalue weighted by molar-refractivity contribution is -0.0328. The van der Waals surface area contributed by atoms with Crippen molar-refractivity contribution in [2.24, 2.45) is 0 Å². The average Bonchev–Trinajstić information content (AvgIpc) is 3.33. The number of amides is 1. The maximum atomic E-state index is 12.5. The quantitative estimate of drug-likeness (QED) is 0.262. The smallest absolute Gasteiger partial charge is 0.408 e. The lowest BCUT2D eigenvalue weighted by atomic mass is 9.69. The van der Waals surface area contributed by atoms with Crippen LogP contribution < -0.4 is 11.1 Å². The normalized spacial score (nSPS) is 17.0. The Hall–Kier alpha value is -4.22. The molecule has 1 saturated heterocycles. The molecule has 4 aromatic rings. The highest BCUT2D eigenvalue weighted by Gasteiger charge is 2.50. The molecule has 11 heteroatoms. The highest BCUT2D eigenvalue weighted by atomic mass is 16.5. The van der Waals surface area contributed by atoms with E-state index in [1.54, 1.807) is 11.1 Å². The summed E-state index contributed by atoms with van der Waals surface area (Å²) >= 11 is 0. The maximum Gasteiger partial charge on any atom is 0.408 e. The van der Waals surface area contributed by atoms with Gasteiger partial charge in [0.2, 0.25) is 0 Å². The second-order valence-electron chi connectivity index (χ2n) is 12.3. The molecule has 2 fully saturated rings. The number of hydrogen-bond donors (Lipinski definition) is 3. The number of ether oxygens (including phenoxy) is 1. The molecular formula is C32H40N8O3. The van der Waals surface area contributed by atoms with Gasteiger partial charge in [0, 0.05) is 43.6 Å². The topological polar surface area (TPSA) is 135 Å². The number of nitrogen functional groups attached to an aromatic ring is 1. The van der Waals surface area contributed by atoms with Gasteiger partial charge in [0.25, 0.3) is 0 Å². The first-order chi connectivity index (χ1) is 20.7. The molecule has 2 aliphatic rings. The van der Waals surface area contributed by atoms with Crippen molar-refractivity contribution in [1.29, 1.82) is 0 Å². The molecule has 226 valence electrons. The number of aromatic nitrogens is 4. The summed E-state index contributed by atoms with van der Waals surface area (Å²) in [6.45, 7) is 11.0. The molecule has 1 saturated carbocycles. The fourth-order valence-electron chi connectivity index (χ4n) is 6.44. The zero-order valence-corrected chi connectivity index (χ0v) is 25.1. The first-order valence-corrected chi connectivity index (χ1v) is 15.0. The van der Waals surface area contributed by atoms with E-state index in [2.05, 4.69) is 15.2 Å². The van der Waals surface area contributed by atoms with Crippen molar-refractivity contribution < 1.29 is 14.6 Å². The molecule has 3 aromatic heterocycles. The molecule has 0 atom stereocenters. The number of fused-ring (bicyclic) bond motifs is 1. The number of hydrogen-bond acceptors (Lipinski definition) is 8. The van der Waals surface area contributed by atoms with Crippen LogP contribution in [0.25, 0.3) is 28.2 Å². The van der Waals surface area contributed by atoms with E-state index in [0.29, 0.717) is 22.9 Å². The van der Waals surface area contributed by atoms with Crippen molar-refractivity contribution in [3.63, 3.8) is 0 Å². The number of anilines is 2. The van der Waals surface area contributed by atoms with E-state index in [-0.39, 0.29) is 0 Å². The summed E-state index contributed by atoms with van der Waals surface area (Å²) in [6.07, 6.45) is 3.34. The van der Waals surface area contributed by atoms with Gasteiger partial charge in [0.05, 0.1) is 24.3 Å². The van der Waals surface area contributed by atoms with Crippen LogP contribution in [0.3, 0.4) is 0 Å². The largest absolute Gasteiger partial charge is 0.465 e. The number of rotatable bonds is 8. The van der Waals surface area contributed by atoms with Crippen LogP contribution in [0.15, 0.2) is 54.7 Å². The van der Waals surface area contributed by atoms with Crippen molar-refractivity contribution in [3.05, 3.63) is 60.3 Å². The minimum absolute atomic E-state index is 0.384. The summed E-state index contributed by atoms with van der Waals surface area (Å²) in [5.41, 5.74) is 9.24. The van der Waals surface area contributed by atoms with Gasteiger partial charge in [-0.05, 0) is 82.0 Å². The van der Waals surface area contributed by atoms with Gasteiger partial charge in [-0.15, -0.1) is 0 Å². The molecule has 6 rings (SSSR count). The number of morpholine rings is 1. The molecular weight excluding hydrogens is 544 g/mol. The zero-order chi connectivity index (χ0) is 30.2. The molecule has 1 aromatic carbocycles. The minimum atomic E-state index is -0.899. The van der Waals surface area contributed by atoms with Gasteiger partial charge in [-0.3, -0.25) is 14.4 Å². The lowest BCUT2D eigenvalue weighted by Crippen LogP contribution is -2.60. The third-order valence-corrected chi connectivity index (χ3v) is 8.56. The van der Waals surface area contributed by atoms with Crippen molar-refractivity contribution in [2.45, 2.75) is 51.1 Å². The molecule has 1 aliphatic heterocycles. The average molecular weight is 585 g/mol. The Balaban J connectivity index is 1.38. The molecule has 4 N–H and O–H groups in total. The molecule has 0 radical (unpaired) electrons. The summed E-state index contributed by atoms with van der Waals surface area (Å²) in [6, 6.07) is 15.8. The van der Waals surface area contributed by atoms with E-state index in [9.17, 15) is 9.90 Å². The first kappa shape index (κ1) is 28.9. The SMILES string of the molecule is CC(C)(C)N(C(=O)O)C1(c2ccc(-n3c(-c4cccnc4N)nc4ccc(NCCN5CCOCC5)nc43)cc2)CCC1. The van der Waals surface area contributed by atoms with Crippen LogP contribution in [0, 0.1) is 0 Å². The third-order valence-electron chi connectivity index (χ3n) is 8.56. The summed E-state index contributed by atoms with van der Waals surface area (Å²) < 4.78 is 7.47. The van der Waals surface area contributed by atoms with Crippen LogP contribution in [0.5, 0.6) is 0 Å². The molecule has 11 nitrogen and oxygen atoms in total. The van der Waals surface area contributed by atoms with Crippen LogP contribution in [-0.4, -0.2) is 85.5 Å². The van der Waals surface area contributed by atoms with Crippen molar-refractivity contribution in [2.75, 3.05) is 50.4 Å². The fraction of sp³-hybridized carbons (Fsp3) is 0.438. The van der Waals surface area contributed by atoms with Gasteiger partial charge in [0.1, 0.15) is 17.2 Å². The molecule has 1 aliphatic carbocycles. The Bertz CT molecular complexity index is 1600. The van der Waals surface area contributed by atoms with E-state index in [0.717, 1.165) is 81.2 Å². The molecule has 0 unspecified atom stereocenters. The summed E-state index contributed by atoms with van der Waals surface area (Å²) in [5, 5.41) is 13.7. The van der Waals surface area contributed by atoms with Crippen LogP contribution in [0.1, 0.15) is 45.6 Å². The zero-order valence-electron chi connectivity index (χ0n) is 25.1. The number of nitrogens with one attached hydrogen (secondary N) is 1. The standard InChI is InChI=1S/C32H40N8O3/c1-31(2,3)40(30(41)42)32(13-5-14-32)22-7-9-23(10-8-22)39-28(24-6-4-15-35-27(24)33)36-25-11-12-26(37-29(25)39)34-16-17-38-18-20-43-21-19-38/h4,6-12,15H,5,13-14,16-21H2,1-3H3,(H2,33,35)(H,34,37)(H,41,42). The monoisotopic (exact) mass is 584 g/mol. The summed E-state index contributed by atoms with van der Waals surface area (Å²) in [4.78, 5) is 30.7. The van der Waals surface area contributed by atoms with Crippen LogP contribution >= 0.6 is 0 Å². The van der Waals surface area contributed by atoms with E-state index >= 15 is 0 Å². The van der Waals surface area contributed by atoms with Crippen molar-refractivity contribution >= 4 is 28.9 Å². The Morgan fingerprint density at radius 1 is 1.09 bits per heavy atom. The predicted octanol–water partition coefficient (Wildman–Crippen LogP) is 4.97. The van der Waals surface area contributed by atoms with Crippen LogP contribution in [-0.2, 0) is 10.3 Å². The Labute approximate surface area is 251 Å². The third kappa shape index (κ3) is 5.50. The van der Waals surface area contributed by atoms with E-state index in [4.69, 9.17) is 20.4 Å². The maximum absolute atomic E-state index is 12.5. The molecule has 43 heavy (non-hydrogen) atoms. The number of pyridine rings is 2. The fourth-order valence-corrected chi connectivity index (χ4v) is 6.44. The number of nitrogens with zero attached hydrogens (tertiary/aromatic N) is 6. The van der Waals surface area contributed by atoms with Gasteiger partial charge >= 0.3 is 6.09 Å². The highest BCUT2D eigenvalue weighted by Crippen LogP contribution is 2.49. The van der Waals surface area contributed by atoms with Gasteiger partial charge in [-0.1, -0.05) is 12.1 Å².